The fraction of sp³-hybridized carbons (Fsp3) is 0.375. The molecule has 0 aromatic rings. The summed E-state index contributed by atoms with van der Waals surface area (Å²) in [5.41, 5.74) is 0. The molecule has 1 N–H and O–H groups in total. The fourth-order valence-corrected chi connectivity index (χ4v) is 0.546. The molecule has 1 unspecified atom stereocenters. The van der Waals surface area contributed by atoms with Crippen molar-refractivity contribution in [1.29, 1.82) is 0 Å². The van der Waals surface area contributed by atoms with Crippen LogP contribution in [0.25, 0.3) is 0 Å². The molecule has 6 heteroatoms. The highest BCUT2D eigenvalue weighted by Crippen LogP contribution is 2.05. The Labute approximate surface area is 80.1 Å². The van der Waals surface area contributed by atoms with Crippen molar-refractivity contribution < 1.29 is 29.0 Å². The first kappa shape index (κ1) is 12.3. The van der Waals surface area contributed by atoms with Gasteiger partial charge in [-0.2, -0.15) is 0 Å². The molecule has 0 bridgehead atoms. The van der Waals surface area contributed by atoms with E-state index in [4.69, 9.17) is 5.11 Å². The summed E-state index contributed by atoms with van der Waals surface area (Å²) < 4.78 is 8.09. The van der Waals surface area contributed by atoms with E-state index in [-0.39, 0.29) is 6.42 Å². The van der Waals surface area contributed by atoms with Gasteiger partial charge >= 0.3 is 17.9 Å². The van der Waals surface area contributed by atoms with Crippen LogP contribution >= 0.6 is 0 Å². The topological polar surface area (TPSA) is 89.9 Å². The normalized spacial score (nSPS) is 19.1. The number of aliphatic hydroxyl groups excluding tert-OH is 1. The van der Waals surface area contributed by atoms with Crippen LogP contribution in [0.3, 0.4) is 0 Å². The highest BCUT2D eigenvalue weighted by Gasteiger charge is 2.30. The maximum Gasteiger partial charge on any atom is 0.343 e. The van der Waals surface area contributed by atoms with Gasteiger partial charge in [-0.25, -0.2) is 9.59 Å². The number of aliphatic hydroxyl groups is 1. The maximum absolute atomic E-state index is 10.1. The number of hydrogen-bond donors (Lipinski definition) is 1. The minimum Gasteiger partial charge on any atom is -0.466 e. The molecule has 1 fully saturated rings. The third-order valence-electron chi connectivity index (χ3n) is 1.21. The van der Waals surface area contributed by atoms with Crippen molar-refractivity contribution in [2.45, 2.75) is 12.5 Å². The molecule has 1 rings (SSSR count). The van der Waals surface area contributed by atoms with Crippen molar-refractivity contribution in [2.24, 2.45) is 0 Å². The molecule has 0 spiro atoms. The highest BCUT2D eigenvalue weighted by atomic mass is 16.6. The lowest BCUT2D eigenvalue weighted by molar-refractivity contribution is -0.154. The number of carbonyl (C=O) groups is 3. The standard InChI is InChI=1S/C4H4O4.C4H6O2/c5-2-1-3(6)8-4(2)7;1-3-4(5)6-2/h2,5H,1H2;3H,1H2,2H3. The summed E-state index contributed by atoms with van der Waals surface area (Å²) in [5.74, 6) is -1.88. The highest BCUT2D eigenvalue weighted by molar-refractivity contribution is 5.95. The molecule has 1 atom stereocenters. The summed E-state index contributed by atoms with van der Waals surface area (Å²) in [6.45, 7) is 3.16. The molecule has 0 saturated carbocycles. The lowest BCUT2D eigenvalue weighted by Crippen LogP contribution is -2.11. The van der Waals surface area contributed by atoms with Gasteiger partial charge in [0.15, 0.2) is 6.10 Å². The van der Waals surface area contributed by atoms with E-state index >= 15 is 0 Å². The van der Waals surface area contributed by atoms with Crippen LogP contribution in [-0.2, 0) is 23.9 Å². The van der Waals surface area contributed by atoms with Crippen molar-refractivity contribution in [3.63, 3.8) is 0 Å². The van der Waals surface area contributed by atoms with Crippen molar-refractivity contribution in [3.8, 4) is 0 Å². The first-order valence-electron chi connectivity index (χ1n) is 3.64. The number of hydrogen-bond acceptors (Lipinski definition) is 6. The molecule has 1 aliphatic heterocycles. The molecule has 1 heterocycles. The Bertz CT molecular complexity index is 257. The van der Waals surface area contributed by atoms with Crippen LogP contribution in [0.1, 0.15) is 6.42 Å². The van der Waals surface area contributed by atoms with Crippen molar-refractivity contribution in [2.75, 3.05) is 7.11 Å². The Morgan fingerprint density at radius 2 is 2.29 bits per heavy atom. The van der Waals surface area contributed by atoms with E-state index in [9.17, 15) is 14.4 Å². The van der Waals surface area contributed by atoms with E-state index in [0.29, 0.717) is 0 Å². The molecule has 14 heavy (non-hydrogen) atoms. The average Bonchev–Trinajstić information content (AvgIpc) is 2.44. The van der Waals surface area contributed by atoms with Crippen LogP contribution in [0.15, 0.2) is 12.7 Å². The summed E-state index contributed by atoms with van der Waals surface area (Å²) in [7, 11) is 1.31. The predicted molar refractivity (Wildman–Crippen MR) is 43.9 cm³/mol. The van der Waals surface area contributed by atoms with Crippen molar-refractivity contribution >= 4 is 17.9 Å². The van der Waals surface area contributed by atoms with Crippen LogP contribution in [0.5, 0.6) is 0 Å². The average molecular weight is 202 g/mol. The maximum atomic E-state index is 10.1. The van der Waals surface area contributed by atoms with Gasteiger partial charge in [-0.3, -0.25) is 4.79 Å². The van der Waals surface area contributed by atoms with Crippen LogP contribution < -0.4 is 0 Å². The Morgan fingerprint density at radius 3 is 2.36 bits per heavy atom. The van der Waals surface area contributed by atoms with E-state index in [1.54, 1.807) is 0 Å². The van der Waals surface area contributed by atoms with Gasteiger partial charge in [0.05, 0.1) is 13.5 Å². The zero-order valence-corrected chi connectivity index (χ0v) is 7.56. The zero-order valence-electron chi connectivity index (χ0n) is 7.56. The van der Waals surface area contributed by atoms with Gasteiger partial charge in [-0.05, 0) is 0 Å². The second-order valence-corrected chi connectivity index (χ2v) is 2.24. The molecule has 1 saturated heterocycles. The monoisotopic (exact) mass is 202 g/mol. The van der Waals surface area contributed by atoms with Gasteiger partial charge in [0.1, 0.15) is 0 Å². The van der Waals surface area contributed by atoms with Gasteiger partial charge in [-0.1, -0.05) is 6.58 Å². The fourth-order valence-electron chi connectivity index (χ4n) is 0.546. The van der Waals surface area contributed by atoms with E-state index in [1.165, 1.54) is 7.11 Å². The molecule has 78 valence electrons. The molecule has 0 radical (unpaired) electrons. The summed E-state index contributed by atoms with van der Waals surface area (Å²) in [5, 5.41) is 8.47. The van der Waals surface area contributed by atoms with Crippen LogP contribution in [0.4, 0.5) is 0 Å². The van der Waals surface area contributed by atoms with Gasteiger partial charge in [-0.15, -0.1) is 0 Å². The first-order chi connectivity index (χ1) is 6.51. The third kappa shape index (κ3) is 4.36. The lowest BCUT2D eigenvalue weighted by atomic mass is 10.3. The number of esters is 3. The predicted octanol–water partition coefficient (Wildman–Crippen LogP) is -0.834. The second kappa shape index (κ2) is 5.87. The molecule has 0 amide bonds. The van der Waals surface area contributed by atoms with Crippen molar-refractivity contribution in [1.82, 2.24) is 0 Å². The molecule has 6 nitrogen and oxygen atoms in total. The Morgan fingerprint density at radius 1 is 1.71 bits per heavy atom. The van der Waals surface area contributed by atoms with Crippen LogP contribution in [-0.4, -0.2) is 36.2 Å². The number of rotatable bonds is 1. The molecular formula is C8H10O6. The summed E-state index contributed by atoms with van der Waals surface area (Å²) in [4.78, 5) is 30.0. The van der Waals surface area contributed by atoms with Gasteiger partial charge < -0.3 is 14.6 Å². The Kier molecular flexibility index (Phi) is 5.16. The smallest absolute Gasteiger partial charge is 0.343 e. The number of ether oxygens (including phenoxy) is 2. The number of methoxy groups -OCH3 is 1. The van der Waals surface area contributed by atoms with Gasteiger partial charge in [0, 0.05) is 6.08 Å². The molecule has 0 aliphatic carbocycles. The lowest BCUT2D eigenvalue weighted by Gasteiger charge is -1.86. The molecule has 0 aromatic heterocycles. The SMILES string of the molecule is C=CC(=O)OC.O=C1CC(O)C(=O)O1. The van der Waals surface area contributed by atoms with E-state index < -0.39 is 24.0 Å². The Hall–Kier alpha value is -1.69. The summed E-state index contributed by atoms with van der Waals surface area (Å²) in [6, 6.07) is 0. The largest absolute Gasteiger partial charge is 0.466 e. The first-order valence-corrected chi connectivity index (χ1v) is 3.64. The minimum absolute atomic E-state index is 0.196. The van der Waals surface area contributed by atoms with Crippen LogP contribution in [0.2, 0.25) is 0 Å². The van der Waals surface area contributed by atoms with Gasteiger partial charge in [0.25, 0.3) is 0 Å². The van der Waals surface area contributed by atoms with E-state index in [0.717, 1.165) is 6.08 Å². The minimum atomic E-state index is -1.22. The third-order valence-corrected chi connectivity index (χ3v) is 1.21. The van der Waals surface area contributed by atoms with Gasteiger partial charge in [0.2, 0.25) is 0 Å². The Balaban J connectivity index is 0.000000255. The number of carbonyl (C=O) groups excluding carboxylic acids is 3. The summed E-state index contributed by atoms with van der Waals surface area (Å²) in [6.07, 6.45) is -0.304. The van der Waals surface area contributed by atoms with E-state index in [2.05, 4.69) is 16.1 Å². The quantitative estimate of drug-likeness (QED) is 0.339. The van der Waals surface area contributed by atoms with Crippen LogP contribution in [0, 0.1) is 0 Å². The second-order valence-electron chi connectivity index (χ2n) is 2.24. The molecular weight excluding hydrogens is 192 g/mol. The zero-order chi connectivity index (χ0) is 11.1. The molecule has 1 aliphatic rings. The van der Waals surface area contributed by atoms with E-state index in [1.807, 2.05) is 0 Å². The molecule has 0 aromatic carbocycles. The van der Waals surface area contributed by atoms with Crippen molar-refractivity contribution in [3.05, 3.63) is 12.7 Å². The summed E-state index contributed by atoms with van der Waals surface area (Å²) >= 11 is 0. The number of cyclic esters (lactones) is 2.